The van der Waals surface area contributed by atoms with Gasteiger partial charge in [-0.15, -0.1) is 0 Å². The Labute approximate surface area is 302 Å². The maximum Gasteiger partial charge on any atom is 0.242 e. The molecule has 2 aliphatic heterocycles. The van der Waals surface area contributed by atoms with Crippen LogP contribution in [0.5, 0.6) is 0 Å². The van der Waals surface area contributed by atoms with E-state index in [0.29, 0.717) is 33.6 Å². The molecule has 2 amide bonds. The zero-order valence-electron chi connectivity index (χ0n) is 28.4. The first-order valence-corrected chi connectivity index (χ1v) is 17.7. The van der Waals surface area contributed by atoms with Gasteiger partial charge in [0, 0.05) is 23.4 Å². The van der Waals surface area contributed by atoms with Crippen molar-refractivity contribution in [1.29, 1.82) is 0 Å². The Morgan fingerprint density at radius 2 is 1.00 bits per heavy atom. The second kappa shape index (κ2) is 12.0. The van der Waals surface area contributed by atoms with Crippen molar-refractivity contribution in [1.82, 2.24) is 0 Å². The largest absolute Gasteiger partial charge is 0.384 e. The lowest BCUT2D eigenvalue weighted by atomic mass is 9.58. The van der Waals surface area contributed by atoms with E-state index in [1.165, 1.54) is 0 Å². The van der Waals surface area contributed by atoms with Gasteiger partial charge in [-0.1, -0.05) is 158 Å². The fourth-order valence-electron chi connectivity index (χ4n) is 9.49. The maximum atomic E-state index is 15.9. The van der Waals surface area contributed by atoms with E-state index in [9.17, 15) is 5.11 Å². The molecular weight excluding hydrogens is 645 g/mol. The smallest absolute Gasteiger partial charge is 0.242 e. The summed E-state index contributed by atoms with van der Waals surface area (Å²) in [6, 6.07) is 52.6. The van der Waals surface area contributed by atoms with Gasteiger partial charge in [-0.2, -0.15) is 0 Å². The van der Waals surface area contributed by atoms with E-state index in [0.717, 1.165) is 11.1 Å². The highest BCUT2D eigenvalue weighted by Crippen LogP contribution is 2.71. The van der Waals surface area contributed by atoms with Crippen LogP contribution in [-0.2, 0) is 39.1 Å². The third-order valence-electron chi connectivity index (χ3n) is 11.6. The van der Waals surface area contributed by atoms with Crippen LogP contribution >= 0.6 is 0 Å². The van der Waals surface area contributed by atoms with Crippen LogP contribution in [0.15, 0.2) is 170 Å². The first-order chi connectivity index (χ1) is 25.4. The van der Waals surface area contributed by atoms with Crippen LogP contribution in [0, 0.1) is 5.92 Å². The number of amides is 2. The lowest BCUT2D eigenvalue weighted by Crippen LogP contribution is -2.59. The van der Waals surface area contributed by atoms with Gasteiger partial charge < -0.3 is 14.9 Å². The summed E-state index contributed by atoms with van der Waals surface area (Å²) in [5, 5.41) is 13.9. The topological polar surface area (TPSA) is 77.9 Å². The molecule has 4 atom stereocenters. The molecule has 6 aromatic rings. The number of anilines is 2. The van der Waals surface area contributed by atoms with Gasteiger partial charge in [-0.3, -0.25) is 14.4 Å². The summed E-state index contributed by atoms with van der Waals surface area (Å²) in [7, 11) is 0. The Morgan fingerprint density at radius 1 is 0.558 bits per heavy atom. The fourth-order valence-corrected chi connectivity index (χ4v) is 9.49. The first-order valence-electron chi connectivity index (χ1n) is 17.7. The summed E-state index contributed by atoms with van der Waals surface area (Å²) < 4.78 is 0. The van der Waals surface area contributed by atoms with Crippen LogP contribution in [-0.4, -0.2) is 22.7 Å². The van der Waals surface area contributed by atoms with Crippen molar-refractivity contribution in [2.45, 2.75) is 35.9 Å². The summed E-state index contributed by atoms with van der Waals surface area (Å²) >= 11 is 0. The van der Waals surface area contributed by atoms with E-state index in [1.807, 2.05) is 146 Å². The number of nitrogens with zero attached hydrogens (tertiary/aromatic N) is 2. The second-order valence-electron chi connectivity index (χ2n) is 14.1. The summed E-state index contributed by atoms with van der Waals surface area (Å²) in [4.78, 5) is 50.8. The van der Waals surface area contributed by atoms with Gasteiger partial charge in [-0.05, 0) is 39.9 Å². The molecule has 6 aromatic carbocycles. The molecule has 6 nitrogen and oxygen atoms in total. The summed E-state index contributed by atoms with van der Waals surface area (Å²) in [6.07, 6.45) is -0.173. The molecule has 0 unspecified atom stereocenters. The molecule has 9 rings (SSSR count). The lowest BCUT2D eigenvalue weighted by Gasteiger charge is -2.42. The Bertz CT molecular complexity index is 2330. The number of aliphatic hydroxyl groups is 1. The zero-order valence-corrected chi connectivity index (χ0v) is 28.4. The van der Waals surface area contributed by atoms with Crippen molar-refractivity contribution in [2.75, 3.05) is 9.80 Å². The molecule has 0 bridgehead atoms. The number of para-hydroxylation sites is 2. The lowest BCUT2D eigenvalue weighted by molar-refractivity contribution is -0.135. The normalized spacial score (nSPS) is 24.4. The number of carbonyl (C=O) groups excluding carboxylic acids is 3. The molecule has 0 saturated heterocycles. The highest BCUT2D eigenvalue weighted by molar-refractivity contribution is 6.20. The van der Waals surface area contributed by atoms with Gasteiger partial charge in [0.25, 0.3) is 0 Å². The molecule has 52 heavy (non-hydrogen) atoms. The van der Waals surface area contributed by atoms with E-state index in [2.05, 4.69) is 0 Å². The first kappa shape index (κ1) is 31.8. The molecule has 0 aromatic heterocycles. The monoisotopic (exact) mass is 680 g/mol. The van der Waals surface area contributed by atoms with Crippen molar-refractivity contribution in [3.63, 3.8) is 0 Å². The van der Waals surface area contributed by atoms with Crippen LogP contribution in [0.3, 0.4) is 0 Å². The minimum atomic E-state index is -1.98. The summed E-state index contributed by atoms with van der Waals surface area (Å²) in [5.74, 6) is -2.37. The van der Waals surface area contributed by atoms with E-state index in [1.54, 1.807) is 34.1 Å². The van der Waals surface area contributed by atoms with Crippen molar-refractivity contribution >= 4 is 29.0 Å². The van der Waals surface area contributed by atoms with Crippen LogP contribution in [0.25, 0.3) is 0 Å². The Kier molecular flexibility index (Phi) is 7.35. The van der Waals surface area contributed by atoms with Gasteiger partial charge in [-0.25, -0.2) is 0 Å². The highest BCUT2D eigenvalue weighted by atomic mass is 16.3. The number of hydrogen-bond donors (Lipinski definition) is 1. The van der Waals surface area contributed by atoms with Crippen LogP contribution in [0.2, 0.25) is 0 Å². The molecule has 1 aliphatic carbocycles. The second-order valence-corrected chi connectivity index (χ2v) is 14.1. The molecule has 1 N–H and O–H groups in total. The van der Waals surface area contributed by atoms with E-state index < -0.39 is 28.3 Å². The highest BCUT2D eigenvalue weighted by Gasteiger charge is 2.82. The number of fused-ring (bicyclic) bond motifs is 4. The number of Topliss-reactive ketones (excluding diaryl/α,β-unsaturated/α-hetero) is 1. The Morgan fingerprint density at radius 3 is 1.58 bits per heavy atom. The average molecular weight is 681 g/mol. The minimum Gasteiger partial charge on any atom is -0.384 e. The predicted molar refractivity (Wildman–Crippen MR) is 201 cm³/mol. The van der Waals surface area contributed by atoms with Crippen LogP contribution in [0.4, 0.5) is 11.4 Å². The Balaban J connectivity index is 1.37. The summed E-state index contributed by atoms with van der Waals surface area (Å²) in [6.45, 7) is 0.499. The number of carbonyl (C=O) groups is 3. The van der Waals surface area contributed by atoms with E-state index in [-0.39, 0.29) is 31.2 Å². The third kappa shape index (κ3) is 4.31. The van der Waals surface area contributed by atoms with Crippen molar-refractivity contribution in [2.24, 2.45) is 5.92 Å². The minimum absolute atomic E-state index is 0.173. The molecule has 2 spiro atoms. The molecule has 1 fully saturated rings. The molecule has 6 heteroatoms. The fraction of sp³-hybridized carbons (Fsp3) is 0.152. The predicted octanol–water partition coefficient (Wildman–Crippen LogP) is 7.75. The molecular formula is C46H36N2O4. The van der Waals surface area contributed by atoms with Gasteiger partial charge in [0.15, 0.2) is 5.78 Å². The number of benzene rings is 6. The SMILES string of the molecule is O=C(c1ccccc1)[C@H]1[C@@]2(C(=O)N(Cc3ccccc3)c3ccccc32)[C@@](O)(c2ccccc2)C[C@]12C(=O)N(Cc1ccccc1)c1ccccc12. The zero-order chi connectivity index (χ0) is 35.5. The molecule has 0 radical (unpaired) electrons. The average Bonchev–Trinajstić information content (AvgIpc) is 3.70. The van der Waals surface area contributed by atoms with Crippen LogP contribution < -0.4 is 9.80 Å². The number of hydrogen-bond acceptors (Lipinski definition) is 4. The molecule has 3 aliphatic rings. The molecule has 2 heterocycles. The van der Waals surface area contributed by atoms with Gasteiger partial charge in [0.1, 0.15) is 11.0 Å². The van der Waals surface area contributed by atoms with Gasteiger partial charge in [0.05, 0.1) is 24.4 Å². The van der Waals surface area contributed by atoms with Crippen molar-refractivity contribution in [3.8, 4) is 0 Å². The number of ketones is 1. The third-order valence-corrected chi connectivity index (χ3v) is 11.6. The van der Waals surface area contributed by atoms with Gasteiger partial charge in [0.2, 0.25) is 11.8 Å². The van der Waals surface area contributed by atoms with Gasteiger partial charge >= 0.3 is 0 Å². The van der Waals surface area contributed by atoms with Crippen LogP contribution in [0.1, 0.15) is 44.6 Å². The van der Waals surface area contributed by atoms with Crippen molar-refractivity contribution in [3.05, 3.63) is 203 Å². The van der Waals surface area contributed by atoms with Crippen molar-refractivity contribution < 1.29 is 19.5 Å². The molecule has 1 saturated carbocycles. The quantitative estimate of drug-likeness (QED) is 0.175. The van der Waals surface area contributed by atoms with E-state index in [4.69, 9.17) is 0 Å². The van der Waals surface area contributed by atoms with E-state index >= 15 is 14.4 Å². The molecule has 254 valence electrons. The summed E-state index contributed by atoms with van der Waals surface area (Å²) in [5.41, 5.74) is -0.292. The number of rotatable bonds is 7. The maximum absolute atomic E-state index is 15.9. The Hall–Kier alpha value is -6.11. The standard InChI is InChI=1S/C46H36N2O4/c49-40(34-21-9-3-10-22-34)41-44(36-25-13-15-27-38(36)47(42(44)50)29-32-17-5-1-6-18-32)31-45(52,35-23-11-4-12-24-35)46(41)37-26-14-16-28-39(37)48(43(46)51)30-33-19-7-2-8-20-33/h1-28,41,52H,29-31H2/t41-,44-,45+,46+/m1/s1.